The largest absolute Gasteiger partial charge is 0.495 e. The maximum atomic E-state index is 13.6. The van der Waals surface area contributed by atoms with Crippen molar-refractivity contribution in [2.24, 2.45) is 0 Å². The predicted octanol–water partition coefficient (Wildman–Crippen LogP) is 5.43. The number of aromatic nitrogens is 1. The second kappa shape index (κ2) is 13.0. The maximum absolute atomic E-state index is 13.6. The number of methoxy groups -OCH3 is 1. The number of ether oxygens (including phenoxy) is 2. The molecule has 1 aliphatic carbocycles. The number of halogens is 3. The van der Waals surface area contributed by atoms with E-state index >= 15 is 0 Å². The summed E-state index contributed by atoms with van der Waals surface area (Å²) in [7, 11) is 1.43. The zero-order chi connectivity index (χ0) is 29.7. The lowest BCUT2D eigenvalue weighted by Crippen LogP contribution is -2.46. The molecule has 2 aromatic carbocycles. The van der Waals surface area contributed by atoms with Crippen LogP contribution in [0.15, 0.2) is 42.5 Å². The number of anilines is 2. The predicted molar refractivity (Wildman–Crippen MR) is 155 cm³/mol. The number of carboxylic acids is 1. The van der Waals surface area contributed by atoms with Crippen molar-refractivity contribution >= 4 is 28.2 Å². The molecule has 1 aliphatic heterocycles. The average Bonchev–Trinajstić information content (AvgIpc) is 3.32. The molecule has 8 nitrogen and oxygen atoms in total. The Balaban J connectivity index is 1.32. The summed E-state index contributed by atoms with van der Waals surface area (Å²) < 4.78 is 52.8. The number of carbonyl (C=O) groups is 1. The zero-order valence-corrected chi connectivity index (χ0v) is 23.5. The van der Waals surface area contributed by atoms with E-state index in [4.69, 9.17) is 9.47 Å². The fourth-order valence-corrected chi connectivity index (χ4v) is 5.86. The molecule has 0 spiro atoms. The summed E-state index contributed by atoms with van der Waals surface area (Å²) >= 11 is 0. The quantitative estimate of drug-likeness (QED) is 0.305. The Kier molecular flexibility index (Phi) is 9.14. The molecule has 2 heterocycles. The van der Waals surface area contributed by atoms with Gasteiger partial charge in [-0.25, -0.2) is 4.79 Å². The summed E-state index contributed by atoms with van der Waals surface area (Å²) in [6, 6.07) is 12.3. The molecular formula is C31H35F3N4O4. The first-order valence-corrected chi connectivity index (χ1v) is 14.1. The van der Waals surface area contributed by atoms with Crippen molar-refractivity contribution in [2.45, 2.75) is 50.5 Å². The average molecular weight is 585 g/mol. The standard InChI is InChI=1S/C31H35F3N4O4/c1-41-29-18-21(30(39)40)7-12-27(29)35-13-3-4-24-19-25-26(5-2-6-28(25)38(24)20-31(32,33)34)36-22-8-10-23(11-9-22)37-14-16-42-17-15-37/h2,5-7,12,18-19,22-23,35-36H,8-11,13-17,20H2,1H3,(H,39,40). The van der Waals surface area contributed by atoms with Crippen LogP contribution in [0.2, 0.25) is 0 Å². The second-order valence-electron chi connectivity index (χ2n) is 10.6. The van der Waals surface area contributed by atoms with Gasteiger partial charge in [0.1, 0.15) is 12.3 Å². The van der Waals surface area contributed by atoms with E-state index in [0.717, 1.165) is 57.7 Å². The Morgan fingerprint density at radius 3 is 2.55 bits per heavy atom. The Bertz CT molecular complexity index is 1460. The van der Waals surface area contributed by atoms with Gasteiger partial charge in [-0.05, 0) is 68.0 Å². The Labute approximate surface area is 242 Å². The van der Waals surface area contributed by atoms with Crippen molar-refractivity contribution in [3.8, 4) is 17.6 Å². The number of hydrogen-bond donors (Lipinski definition) is 3. The van der Waals surface area contributed by atoms with E-state index in [9.17, 15) is 23.1 Å². The molecule has 11 heteroatoms. The van der Waals surface area contributed by atoms with Gasteiger partial charge < -0.3 is 29.8 Å². The molecule has 42 heavy (non-hydrogen) atoms. The van der Waals surface area contributed by atoms with Gasteiger partial charge in [0.25, 0.3) is 0 Å². The molecular weight excluding hydrogens is 549 g/mol. The van der Waals surface area contributed by atoms with Crippen molar-refractivity contribution in [1.29, 1.82) is 0 Å². The highest BCUT2D eigenvalue weighted by molar-refractivity contribution is 5.94. The van der Waals surface area contributed by atoms with Crippen molar-refractivity contribution in [2.75, 3.05) is 50.6 Å². The van der Waals surface area contributed by atoms with Crippen LogP contribution < -0.4 is 15.4 Å². The van der Waals surface area contributed by atoms with Crippen molar-refractivity contribution in [1.82, 2.24) is 9.47 Å². The number of benzene rings is 2. The molecule has 2 fully saturated rings. The number of nitrogens with one attached hydrogen (secondary N) is 2. The smallest absolute Gasteiger partial charge is 0.406 e. The van der Waals surface area contributed by atoms with Gasteiger partial charge in [-0.3, -0.25) is 4.90 Å². The number of hydrogen-bond acceptors (Lipinski definition) is 6. The molecule has 3 N–H and O–H groups in total. The molecule has 1 saturated heterocycles. The van der Waals surface area contributed by atoms with Crippen LogP contribution in [0, 0.1) is 11.8 Å². The number of alkyl halides is 3. The molecule has 224 valence electrons. The number of rotatable bonds is 8. The Morgan fingerprint density at radius 1 is 1.10 bits per heavy atom. The maximum Gasteiger partial charge on any atom is 0.406 e. The van der Waals surface area contributed by atoms with Crippen molar-refractivity contribution < 1.29 is 32.5 Å². The lowest BCUT2D eigenvalue weighted by Gasteiger charge is -2.39. The lowest BCUT2D eigenvalue weighted by atomic mass is 9.89. The van der Waals surface area contributed by atoms with Gasteiger partial charge in [0, 0.05) is 36.2 Å². The summed E-state index contributed by atoms with van der Waals surface area (Å²) in [4.78, 5) is 13.7. The molecule has 3 aromatic rings. The van der Waals surface area contributed by atoms with Gasteiger partial charge in [-0.1, -0.05) is 12.0 Å². The van der Waals surface area contributed by atoms with Gasteiger partial charge in [0.2, 0.25) is 0 Å². The fourth-order valence-electron chi connectivity index (χ4n) is 5.86. The third-order valence-corrected chi connectivity index (χ3v) is 7.93. The number of aromatic carboxylic acids is 1. The zero-order valence-electron chi connectivity index (χ0n) is 23.5. The van der Waals surface area contributed by atoms with Gasteiger partial charge in [0.05, 0.1) is 49.3 Å². The third-order valence-electron chi connectivity index (χ3n) is 7.93. The topological polar surface area (TPSA) is 88.0 Å². The Hall–Kier alpha value is -3.88. The van der Waals surface area contributed by atoms with Gasteiger partial charge in [0.15, 0.2) is 0 Å². The van der Waals surface area contributed by atoms with Crippen LogP contribution in [0.3, 0.4) is 0 Å². The first-order chi connectivity index (χ1) is 20.2. The van der Waals surface area contributed by atoms with Crippen LogP contribution in [0.25, 0.3) is 10.9 Å². The van der Waals surface area contributed by atoms with Crippen molar-refractivity contribution in [3.63, 3.8) is 0 Å². The number of morpholine rings is 1. The Morgan fingerprint density at radius 2 is 1.86 bits per heavy atom. The van der Waals surface area contributed by atoms with Crippen LogP contribution in [-0.4, -0.2) is 78.8 Å². The minimum Gasteiger partial charge on any atom is -0.495 e. The SMILES string of the molecule is COc1cc(C(=O)O)ccc1NCC#Cc1cc2c(NC3CCC(N4CCOCC4)CC3)cccc2n1CC(F)(F)F. The third kappa shape index (κ3) is 7.12. The van der Waals surface area contributed by atoms with E-state index in [1.54, 1.807) is 24.3 Å². The number of nitrogens with zero attached hydrogens (tertiary/aromatic N) is 2. The van der Waals surface area contributed by atoms with E-state index < -0.39 is 18.7 Å². The molecule has 0 unspecified atom stereocenters. The van der Waals surface area contributed by atoms with Crippen LogP contribution in [0.5, 0.6) is 5.75 Å². The number of carboxylic acid groups (broad SMARTS) is 1. The first-order valence-electron chi connectivity index (χ1n) is 14.1. The molecule has 0 radical (unpaired) electrons. The molecule has 0 bridgehead atoms. The summed E-state index contributed by atoms with van der Waals surface area (Å²) in [6.45, 7) is 2.48. The molecule has 5 rings (SSSR count). The molecule has 1 saturated carbocycles. The highest BCUT2D eigenvalue weighted by Crippen LogP contribution is 2.33. The summed E-state index contributed by atoms with van der Waals surface area (Å²) in [5, 5.41) is 16.6. The van der Waals surface area contributed by atoms with Crippen LogP contribution >= 0.6 is 0 Å². The van der Waals surface area contributed by atoms with E-state index in [0.29, 0.717) is 28.4 Å². The second-order valence-corrected chi connectivity index (χ2v) is 10.6. The lowest BCUT2D eigenvalue weighted by molar-refractivity contribution is -0.140. The number of fused-ring (bicyclic) bond motifs is 1. The monoisotopic (exact) mass is 584 g/mol. The molecule has 2 aliphatic rings. The minimum atomic E-state index is -4.42. The van der Waals surface area contributed by atoms with Crippen LogP contribution in [0.4, 0.5) is 24.5 Å². The summed E-state index contributed by atoms with van der Waals surface area (Å²) in [6.07, 6.45) is -0.262. The van der Waals surface area contributed by atoms with Gasteiger partial charge in [-0.15, -0.1) is 0 Å². The fraction of sp³-hybridized carbons (Fsp3) is 0.452. The normalized spacial score (nSPS) is 19.6. The van der Waals surface area contributed by atoms with Crippen LogP contribution in [0.1, 0.15) is 41.7 Å². The molecule has 1 aromatic heterocycles. The van der Waals surface area contributed by atoms with E-state index in [1.165, 1.54) is 23.8 Å². The van der Waals surface area contributed by atoms with E-state index in [1.807, 2.05) is 6.07 Å². The van der Waals surface area contributed by atoms with E-state index in [2.05, 4.69) is 27.4 Å². The molecule has 0 amide bonds. The first kappa shape index (κ1) is 29.6. The summed E-state index contributed by atoms with van der Waals surface area (Å²) in [5.74, 6) is 5.07. The van der Waals surface area contributed by atoms with Gasteiger partial charge >= 0.3 is 12.1 Å². The van der Waals surface area contributed by atoms with E-state index in [-0.39, 0.29) is 23.8 Å². The van der Waals surface area contributed by atoms with Crippen molar-refractivity contribution in [3.05, 3.63) is 53.7 Å². The minimum absolute atomic E-state index is 0.0784. The van der Waals surface area contributed by atoms with Crippen LogP contribution in [-0.2, 0) is 11.3 Å². The highest BCUT2D eigenvalue weighted by atomic mass is 19.4. The molecule has 0 atom stereocenters. The highest BCUT2D eigenvalue weighted by Gasteiger charge is 2.31. The summed E-state index contributed by atoms with van der Waals surface area (Å²) in [5.41, 5.74) is 2.16. The van der Waals surface area contributed by atoms with Gasteiger partial charge in [-0.2, -0.15) is 13.2 Å².